The fourth-order valence-electron chi connectivity index (χ4n) is 2.45. The second-order valence-electron chi connectivity index (χ2n) is 5.36. The number of hydrogen-bond donors (Lipinski definition) is 0. The third-order valence-corrected chi connectivity index (χ3v) is 3.63. The van der Waals surface area contributed by atoms with Crippen molar-refractivity contribution in [2.24, 2.45) is 4.99 Å². The minimum Gasteiger partial charge on any atom is -0.494 e. The number of hydrogen-bond acceptors (Lipinski definition) is 2. The lowest BCUT2D eigenvalue weighted by Crippen LogP contribution is -1.90. The Labute approximate surface area is 139 Å². The molecule has 0 aliphatic carbocycles. The molecule has 1 aliphatic rings. The first kappa shape index (κ1) is 16.1. The van der Waals surface area contributed by atoms with Gasteiger partial charge in [0.2, 0.25) is 0 Å². The third-order valence-electron chi connectivity index (χ3n) is 3.63. The van der Waals surface area contributed by atoms with Crippen LogP contribution in [-0.2, 0) is 0 Å². The number of rotatable bonds is 5. The summed E-state index contributed by atoms with van der Waals surface area (Å²) < 4.78 is 32.2. The number of aliphatic imine (C=N–C) groups is 1. The van der Waals surface area contributed by atoms with E-state index < -0.39 is 11.6 Å². The largest absolute Gasteiger partial charge is 0.494 e. The molecular formula is C20H17F2NO. The molecule has 0 fully saturated rings. The second kappa shape index (κ2) is 7.21. The van der Waals surface area contributed by atoms with Crippen molar-refractivity contribution in [3.63, 3.8) is 0 Å². The smallest absolute Gasteiger partial charge is 0.135 e. The van der Waals surface area contributed by atoms with E-state index in [9.17, 15) is 8.78 Å². The number of benzene rings is 2. The first-order valence-corrected chi connectivity index (χ1v) is 7.80. The molecule has 0 aromatic heterocycles. The summed E-state index contributed by atoms with van der Waals surface area (Å²) in [4.78, 5) is 4.41. The van der Waals surface area contributed by atoms with Crippen molar-refractivity contribution in [2.75, 3.05) is 6.61 Å². The Kier molecular flexibility index (Phi) is 4.85. The van der Waals surface area contributed by atoms with Crippen molar-refractivity contribution in [3.8, 4) is 5.75 Å². The van der Waals surface area contributed by atoms with E-state index in [0.29, 0.717) is 24.3 Å². The molecule has 24 heavy (non-hydrogen) atoms. The third kappa shape index (κ3) is 3.77. The predicted molar refractivity (Wildman–Crippen MR) is 93.0 cm³/mol. The maximum atomic E-state index is 13.8. The first-order valence-electron chi connectivity index (χ1n) is 7.80. The molecular weight excluding hydrogens is 308 g/mol. The van der Waals surface area contributed by atoms with E-state index in [1.54, 1.807) is 0 Å². The summed E-state index contributed by atoms with van der Waals surface area (Å²) in [5.74, 6) is -0.347. The predicted octanol–water partition coefficient (Wildman–Crippen LogP) is 5.26. The lowest BCUT2D eigenvalue weighted by molar-refractivity contribution is 0.340. The summed E-state index contributed by atoms with van der Waals surface area (Å²) in [6, 6.07) is 11.3. The van der Waals surface area contributed by atoms with E-state index in [1.807, 2.05) is 49.4 Å². The van der Waals surface area contributed by atoms with E-state index in [0.717, 1.165) is 23.1 Å². The molecule has 2 aromatic carbocycles. The van der Waals surface area contributed by atoms with Crippen molar-refractivity contribution in [1.29, 1.82) is 0 Å². The molecule has 122 valence electrons. The fraction of sp³-hybridized carbons (Fsp3) is 0.150. The molecule has 2 nitrogen and oxygen atoms in total. The van der Waals surface area contributed by atoms with E-state index >= 15 is 0 Å². The highest BCUT2D eigenvalue weighted by atomic mass is 19.1. The van der Waals surface area contributed by atoms with Crippen LogP contribution in [0.15, 0.2) is 59.6 Å². The van der Waals surface area contributed by atoms with Gasteiger partial charge in [-0.3, -0.25) is 4.99 Å². The van der Waals surface area contributed by atoms with Crippen LogP contribution >= 0.6 is 0 Å². The number of ether oxygens (including phenoxy) is 1. The zero-order chi connectivity index (χ0) is 16.9. The number of halogens is 2. The molecule has 1 aliphatic heterocycles. The van der Waals surface area contributed by atoms with Crippen LogP contribution in [0.3, 0.4) is 0 Å². The molecule has 0 saturated heterocycles. The Morgan fingerprint density at radius 2 is 1.88 bits per heavy atom. The average Bonchev–Trinajstić information content (AvgIpc) is 3.03. The molecule has 0 bridgehead atoms. The van der Waals surface area contributed by atoms with E-state index in [1.165, 1.54) is 12.1 Å². The molecule has 0 N–H and O–H groups in total. The van der Waals surface area contributed by atoms with Gasteiger partial charge in [0.05, 0.1) is 12.3 Å². The van der Waals surface area contributed by atoms with Crippen LogP contribution in [-0.4, -0.2) is 12.3 Å². The van der Waals surface area contributed by atoms with Gasteiger partial charge in [0.15, 0.2) is 0 Å². The highest BCUT2D eigenvalue weighted by Crippen LogP contribution is 2.25. The van der Waals surface area contributed by atoms with E-state index in [4.69, 9.17) is 4.74 Å². The van der Waals surface area contributed by atoms with Crippen LogP contribution in [0, 0.1) is 11.6 Å². The summed E-state index contributed by atoms with van der Waals surface area (Å²) in [6.07, 6.45) is 6.32. The van der Waals surface area contributed by atoms with Crippen molar-refractivity contribution in [3.05, 3.63) is 77.4 Å². The second-order valence-corrected chi connectivity index (χ2v) is 5.36. The summed E-state index contributed by atoms with van der Waals surface area (Å²) in [5, 5.41) is 0. The SMILES string of the molecule is CCOc1ccc(/C=C/C2=NC(c3ccc(F)cc3F)=CC2)cc1. The lowest BCUT2D eigenvalue weighted by Gasteiger charge is -2.02. The van der Waals surface area contributed by atoms with Crippen molar-refractivity contribution >= 4 is 17.5 Å². The van der Waals surface area contributed by atoms with Gasteiger partial charge in [-0.25, -0.2) is 8.78 Å². The quantitative estimate of drug-likeness (QED) is 0.734. The Hall–Kier alpha value is -2.75. The summed E-state index contributed by atoms with van der Waals surface area (Å²) in [6.45, 7) is 2.58. The highest BCUT2D eigenvalue weighted by Gasteiger charge is 2.13. The van der Waals surface area contributed by atoms with Gasteiger partial charge >= 0.3 is 0 Å². The van der Waals surface area contributed by atoms with Crippen molar-refractivity contribution in [1.82, 2.24) is 0 Å². The van der Waals surface area contributed by atoms with Gasteiger partial charge in [0.1, 0.15) is 17.4 Å². The van der Waals surface area contributed by atoms with Crippen molar-refractivity contribution in [2.45, 2.75) is 13.3 Å². The Morgan fingerprint density at radius 3 is 2.58 bits per heavy atom. The molecule has 4 heteroatoms. The fourth-order valence-corrected chi connectivity index (χ4v) is 2.45. The van der Waals surface area contributed by atoms with E-state index in [-0.39, 0.29) is 0 Å². The molecule has 0 spiro atoms. The minimum absolute atomic E-state index is 0.320. The number of nitrogens with zero attached hydrogens (tertiary/aromatic N) is 1. The number of allylic oxidation sites excluding steroid dienone is 2. The Balaban J connectivity index is 1.71. The van der Waals surface area contributed by atoms with Crippen LogP contribution in [0.4, 0.5) is 8.78 Å². The Bertz CT molecular complexity index is 820. The Morgan fingerprint density at radius 1 is 1.08 bits per heavy atom. The molecule has 2 aromatic rings. The van der Waals surface area contributed by atoms with Gasteiger partial charge in [-0.2, -0.15) is 0 Å². The summed E-state index contributed by atoms with van der Waals surface area (Å²) >= 11 is 0. The molecule has 0 atom stereocenters. The van der Waals surface area contributed by atoms with Gasteiger partial charge in [0, 0.05) is 23.8 Å². The van der Waals surface area contributed by atoms with Gasteiger partial charge in [-0.15, -0.1) is 0 Å². The lowest BCUT2D eigenvalue weighted by atomic mass is 10.1. The van der Waals surface area contributed by atoms with Gasteiger partial charge in [0.25, 0.3) is 0 Å². The van der Waals surface area contributed by atoms with Gasteiger partial charge in [-0.1, -0.05) is 24.3 Å². The maximum Gasteiger partial charge on any atom is 0.135 e. The topological polar surface area (TPSA) is 21.6 Å². The van der Waals surface area contributed by atoms with Crippen LogP contribution < -0.4 is 4.74 Å². The first-order chi connectivity index (χ1) is 11.7. The van der Waals surface area contributed by atoms with E-state index in [2.05, 4.69) is 4.99 Å². The molecule has 3 rings (SSSR count). The standard InChI is InChI=1S/C20H17F2NO/c1-2-24-17-9-4-14(5-10-17)3-7-16-8-12-20(23-16)18-11-6-15(21)13-19(18)22/h3-7,9-13H,2,8H2,1H3/b7-3+. The summed E-state index contributed by atoms with van der Waals surface area (Å²) in [5.41, 5.74) is 2.73. The molecule has 1 heterocycles. The summed E-state index contributed by atoms with van der Waals surface area (Å²) in [7, 11) is 0. The zero-order valence-electron chi connectivity index (χ0n) is 13.3. The average molecular weight is 325 g/mol. The van der Waals surface area contributed by atoms with Crippen LogP contribution in [0.25, 0.3) is 11.8 Å². The molecule has 0 saturated carbocycles. The zero-order valence-corrected chi connectivity index (χ0v) is 13.3. The van der Waals surface area contributed by atoms with Gasteiger partial charge < -0.3 is 4.74 Å². The molecule has 0 radical (unpaired) electrons. The monoisotopic (exact) mass is 325 g/mol. The van der Waals surface area contributed by atoms with Crippen LogP contribution in [0.2, 0.25) is 0 Å². The molecule has 0 unspecified atom stereocenters. The van der Waals surface area contributed by atoms with Crippen LogP contribution in [0.1, 0.15) is 24.5 Å². The van der Waals surface area contributed by atoms with Crippen molar-refractivity contribution < 1.29 is 13.5 Å². The van der Waals surface area contributed by atoms with Gasteiger partial charge in [-0.05, 0) is 42.8 Å². The maximum absolute atomic E-state index is 13.8. The normalized spacial score (nSPS) is 14.0. The highest BCUT2D eigenvalue weighted by molar-refractivity contribution is 6.05. The van der Waals surface area contributed by atoms with Crippen LogP contribution in [0.5, 0.6) is 5.75 Å². The minimum atomic E-state index is -0.596. The molecule has 0 amide bonds.